The normalized spacial score (nSPS) is 10.5. The van der Waals surface area contributed by atoms with E-state index in [4.69, 9.17) is 10.5 Å². The van der Waals surface area contributed by atoms with Crippen LogP contribution in [0.25, 0.3) is 0 Å². The third-order valence-electron chi connectivity index (χ3n) is 2.81. The van der Waals surface area contributed by atoms with E-state index < -0.39 is 0 Å². The van der Waals surface area contributed by atoms with E-state index in [1.807, 2.05) is 0 Å². The molecule has 0 atom stereocenters. The molecule has 0 bridgehead atoms. The van der Waals surface area contributed by atoms with E-state index in [2.05, 4.69) is 0 Å². The third kappa shape index (κ3) is 3.29. The number of benzene rings is 2. The first-order chi connectivity index (χ1) is 9.10. The summed E-state index contributed by atoms with van der Waals surface area (Å²) in [5.41, 5.74) is 6.70. The summed E-state index contributed by atoms with van der Waals surface area (Å²) in [5.74, 6) is 0.203. The molecular formula is C15H15F2NO. The first-order valence-corrected chi connectivity index (χ1v) is 6.02. The summed E-state index contributed by atoms with van der Waals surface area (Å²) in [6, 6.07) is 8.83. The molecule has 0 aliphatic heterocycles. The molecule has 0 saturated heterocycles. The molecule has 0 heterocycles. The minimum Gasteiger partial charge on any atom is -0.457 e. The average molecular weight is 263 g/mol. The summed E-state index contributed by atoms with van der Waals surface area (Å²) >= 11 is 0. The summed E-state index contributed by atoms with van der Waals surface area (Å²) in [4.78, 5) is 0. The number of aryl methyl sites for hydroxylation is 1. The van der Waals surface area contributed by atoms with Crippen molar-refractivity contribution in [3.05, 3.63) is 59.2 Å². The molecule has 2 aromatic carbocycles. The maximum atomic E-state index is 13.4. The molecule has 0 spiro atoms. The van der Waals surface area contributed by atoms with Gasteiger partial charge in [0.1, 0.15) is 23.1 Å². The second-order valence-corrected chi connectivity index (χ2v) is 4.30. The molecule has 19 heavy (non-hydrogen) atoms. The van der Waals surface area contributed by atoms with Crippen LogP contribution in [-0.4, -0.2) is 6.54 Å². The average Bonchev–Trinajstić information content (AvgIpc) is 2.37. The van der Waals surface area contributed by atoms with E-state index in [0.717, 1.165) is 0 Å². The molecule has 0 aromatic heterocycles. The molecule has 0 fully saturated rings. The van der Waals surface area contributed by atoms with Gasteiger partial charge in [-0.05, 0) is 55.3 Å². The van der Waals surface area contributed by atoms with E-state index >= 15 is 0 Å². The van der Waals surface area contributed by atoms with Crippen LogP contribution < -0.4 is 10.5 Å². The number of hydrogen-bond acceptors (Lipinski definition) is 2. The SMILES string of the molecule is Cc1ccc(Oc2ccc(F)cc2CCN)cc1F. The fourth-order valence-electron chi connectivity index (χ4n) is 1.76. The molecule has 0 saturated carbocycles. The molecule has 0 aliphatic rings. The van der Waals surface area contributed by atoms with Gasteiger partial charge in [0.15, 0.2) is 0 Å². The third-order valence-corrected chi connectivity index (χ3v) is 2.81. The monoisotopic (exact) mass is 263 g/mol. The van der Waals surface area contributed by atoms with Crippen molar-refractivity contribution in [1.29, 1.82) is 0 Å². The summed E-state index contributed by atoms with van der Waals surface area (Å²) in [7, 11) is 0. The summed E-state index contributed by atoms with van der Waals surface area (Å²) in [5, 5.41) is 0. The number of hydrogen-bond donors (Lipinski definition) is 1. The molecule has 100 valence electrons. The zero-order chi connectivity index (χ0) is 13.8. The predicted molar refractivity (Wildman–Crippen MR) is 70.4 cm³/mol. The zero-order valence-corrected chi connectivity index (χ0v) is 10.6. The minimum absolute atomic E-state index is 0.333. The molecule has 2 rings (SSSR count). The van der Waals surface area contributed by atoms with Crippen molar-refractivity contribution in [1.82, 2.24) is 0 Å². The van der Waals surface area contributed by atoms with Crippen molar-refractivity contribution in [3.8, 4) is 11.5 Å². The Morgan fingerprint density at radius 1 is 1.11 bits per heavy atom. The van der Waals surface area contributed by atoms with Crippen LogP contribution in [-0.2, 0) is 6.42 Å². The summed E-state index contributed by atoms with van der Waals surface area (Å²) in [6.45, 7) is 2.07. The molecule has 2 aromatic rings. The van der Waals surface area contributed by atoms with Crippen LogP contribution in [0.1, 0.15) is 11.1 Å². The Labute approximate surface area is 110 Å². The van der Waals surface area contributed by atoms with Crippen LogP contribution in [0.3, 0.4) is 0 Å². The van der Waals surface area contributed by atoms with Crippen molar-refractivity contribution in [2.45, 2.75) is 13.3 Å². The van der Waals surface area contributed by atoms with E-state index in [-0.39, 0.29) is 11.6 Å². The van der Waals surface area contributed by atoms with Gasteiger partial charge in [0.25, 0.3) is 0 Å². The maximum absolute atomic E-state index is 13.4. The molecule has 0 unspecified atom stereocenters. The highest BCUT2D eigenvalue weighted by molar-refractivity contribution is 5.39. The van der Waals surface area contributed by atoms with Crippen molar-refractivity contribution >= 4 is 0 Å². The predicted octanol–water partition coefficient (Wildman–Crippen LogP) is 3.57. The minimum atomic E-state index is -0.342. The molecule has 2 N–H and O–H groups in total. The Kier molecular flexibility index (Phi) is 4.12. The number of halogens is 2. The highest BCUT2D eigenvalue weighted by atomic mass is 19.1. The Morgan fingerprint density at radius 2 is 1.89 bits per heavy atom. The Balaban J connectivity index is 2.29. The Bertz CT molecular complexity index is 584. The van der Waals surface area contributed by atoms with E-state index in [0.29, 0.717) is 35.6 Å². The van der Waals surface area contributed by atoms with Crippen LogP contribution in [0.4, 0.5) is 8.78 Å². The molecule has 2 nitrogen and oxygen atoms in total. The smallest absolute Gasteiger partial charge is 0.130 e. The lowest BCUT2D eigenvalue weighted by molar-refractivity contribution is 0.467. The highest BCUT2D eigenvalue weighted by Crippen LogP contribution is 2.27. The van der Waals surface area contributed by atoms with E-state index in [9.17, 15) is 8.78 Å². The fourth-order valence-corrected chi connectivity index (χ4v) is 1.76. The van der Waals surface area contributed by atoms with Crippen molar-refractivity contribution < 1.29 is 13.5 Å². The second-order valence-electron chi connectivity index (χ2n) is 4.30. The molecule has 0 amide bonds. The lowest BCUT2D eigenvalue weighted by atomic mass is 10.1. The lowest BCUT2D eigenvalue weighted by Crippen LogP contribution is -2.04. The summed E-state index contributed by atoms with van der Waals surface area (Å²) < 4.78 is 32.2. The highest BCUT2D eigenvalue weighted by Gasteiger charge is 2.07. The zero-order valence-electron chi connectivity index (χ0n) is 10.6. The number of nitrogens with two attached hydrogens (primary N) is 1. The first-order valence-electron chi connectivity index (χ1n) is 6.02. The van der Waals surface area contributed by atoms with Crippen LogP contribution in [0, 0.1) is 18.6 Å². The maximum Gasteiger partial charge on any atom is 0.130 e. The Morgan fingerprint density at radius 3 is 2.58 bits per heavy atom. The largest absolute Gasteiger partial charge is 0.457 e. The standard InChI is InChI=1S/C15H15F2NO/c1-10-2-4-13(9-14(10)17)19-15-5-3-12(16)8-11(15)6-7-18/h2-5,8-9H,6-7,18H2,1H3. The van der Waals surface area contributed by atoms with Crippen LogP contribution in [0.2, 0.25) is 0 Å². The van der Waals surface area contributed by atoms with Crippen molar-refractivity contribution in [2.75, 3.05) is 6.54 Å². The van der Waals surface area contributed by atoms with Gasteiger partial charge in [-0.1, -0.05) is 6.07 Å². The molecule has 0 aliphatic carbocycles. The number of rotatable bonds is 4. The lowest BCUT2D eigenvalue weighted by Gasteiger charge is -2.11. The van der Waals surface area contributed by atoms with Gasteiger partial charge in [0, 0.05) is 6.07 Å². The van der Waals surface area contributed by atoms with E-state index in [1.54, 1.807) is 19.1 Å². The summed E-state index contributed by atoms with van der Waals surface area (Å²) in [6.07, 6.45) is 0.501. The first kappa shape index (κ1) is 13.5. The quantitative estimate of drug-likeness (QED) is 0.915. The van der Waals surface area contributed by atoms with Gasteiger partial charge in [-0.3, -0.25) is 0 Å². The van der Waals surface area contributed by atoms with Gasteiger partial charge >= 0.3 is 0 Å². The van der Waals surface area contributed by atoms with Crippen molar-refractivity contribution in [2.24, 2.45) is 5.73 Å². The van der Waals surface area contributed by atoms with Gasteiger partial charge < -0.3 is 10.5 Å². The molecule has 0 radical (unpaired) electrons. The topological polar surface area (TPSA) is 35.2 Å². The van der Waals surface area contributed by atoms with Crippen LogP contribution in [0.15, 0.2) is 36.4 Å². The fraction of sp³-hybridized carbons (Fsp3) is 0.200. The second kappa shape index (κ2) is 5.80. The number of ether oxygens (including phenoxy) is 1. The van der Waals surface area contributed by atoms with Gasteiger partial charge in [0.2, 0.25) is 0 Å². The molecule has 4 heteroatoms. The molecular weight excluding hydrogens is 248 g/mol. The van der Waals surface area contributed by atoms with Crippen molar-refractivity contribution in [3.63, 3.8) is 0 Å². The van der Waals surface area contributed by atoms with E-state index in [1.165, 1.54) is 24.3 Å². The van der Waals surface area contributed by atoms with Crippen LogP contribution >= 0.6 is 0 Å². The Hall–Kier alpha value is -1.94. The van der Waals surface area contributed by atoms with Gasteiger partial charge in [-0.15, -0.1) is 0 Å². The van der Waals surface area contributed by atoms with Gasteiger partial charge in [-0.2, -0.15) is 0 Å². The van der Waals surface area contributed by atoms with Gasteiger partial charge in [-0.25, -0.2) is 8.78 Å². The van der Waals surface area contributed by atoms with Gasteiger partial charge in [0.05, 0.1) is 0 Å². The van der Waals surface area contributed by atoms with Crippen LogP contribution in [0.5, 0.6) is 11.5 Å².